The van der Waals surface area contributed by atoms with E-state index in [9.17, 15) is 4.79 Å². The Kier molecular flexibility index (Phi) is 5.53. The molecule has 0 aliphatic carbocycles. The number of aliphatic hydroxyl groups excluding tert-OH is 1. The fourth-order valence-electron chi connectivity index (χ4n) is 1.27. The van der Waals surface area contributed by atoms with Crippen molar-refractivity contribution in [1.82, 2.24) is 0 Å². The summed E-state index contributed by atoms with van der Waals surface area (Å²) in [6, 6.07) is 9.41. The Morgan fingerprint density at radius 2 is 2.06 bits per heavy atom. The van der Waals surface area contributed by atoms with Crippen molar-refractivity contribution in [3.05, 3.63) is 35.9 Å². The molecule has 4 nitrogen and oxygen atoms in total. The van der Waals surface area contributed by atoms with Gasteiger partial charge in [0, 0.05) is 20.1 Å². The van der Waals surface area contributed by atoms with Crippen LogP contribution in [0.4, 0.5) is 0 Å². The van der Waals surface area contributed by atoms with Crippen LogP contribution in [0.5, 0.6) is 0 Å². The third-order valence-electron chi connectivity index (χ3n) is 2.16. The lowest BCUT2D eigenvalue weighted by atomic mass is 10.2. The van der Waals surface area contributed by atoms with Gasteiger partial charge in [0.05, 0.1) is 0 Å². The van der Waals surface area contributed by atoms with Gasteiger partial charge in [-0.2, -0.15) is 0 Å². The van der Waals surface area contributed by atoms with Crippen molar-refractivity contribution in [2.24, 2.45) is 0 Å². The number of benzene rings is 1. The van der Waals surface area contributed by atoms with Crippen LogP contribution >= 0.6 is 0 Å². The Bertz CT molecular complexity index is 310. The molecule has 1 atom stereocenters. The van der Waals surface area contributed by atoms with Crippen LogP contribution in [0.15, 0.2) is 30.3 Å². The van der Waals surface area contributed by atoms with E-state index in [4.69, 9.17) is 14.6 Å². The summed E-state index contributed by atoms with van der Waals surface area (Å²) in [5, 5.41) is 8.71. The fourth-order valence-corrected chi connectivity index (χ4v) is 1.27. The van der Waals surface area contributed by atoms with Gasteiger partial charge in [0.1, 0.15) is 6.61 Å². The first-order chi connectivity index (χ1) is 7.77. The highest BCUT2D eigenvalue weighted by Crippen LogP contribution is 2.04. The van der Waals surface area contributed by atoms with E-state index in [-0.39, 0.29) is 19.6 Å². The monoisotopic (exact) mass is 224 g/mol. The van der Waals surface area contributed by atoms with E-state index in [1.54, 1.807) is 0 Å². The van der Waals surface area contributed by atoms with Gasteiger partial charge in [0.15, 0.2) is 6.10 Å². The predicted octanol–water partition coefficient (Wildman–Crippen LogP) is 1.13. The van der Waals surface area contributed by atoms with Crippen LogP contribution in [0.25, 0.3) is 0 Å². The minimum atomic E-state index is -0.686. The van der Waals surface area contributed by atoms with Gasteiger partial charge >= 0.3 is 5.97 Å². The smallest absolute Gasteiger partial charge is 0.335 e. The van der Waals surface area contributed by atoms with Crippen LogP contribution in [-0.4, -0.2) is 30.9 Å². The first-order valence-corrected chi connectivity index (χ1v) is 5.12. The number of hydrogen-bond acceptors (Lipinski definition) is 4. The summed E-state index contributed by atoms with van der Waals surface area (Å²) in [6.07, 6.45) is -0.432. The molecule has 0 radical (unpaired) electrons. The number of methoxy groups -OCH3 is 1. The van der Waals surface area contributed by atoms with Crippen LogP contribution in [0.1, 0.15) is 12.0 Å². The van der Waals surface area contributed by atoms with Gasteiger partial charge in [-0.05, 0) is 5.56 Å². The Morgan fingerprint density at radius 3 is 2.62 bits per heavy atom. The Labute approximate surface area is 94.8 Å². The predicted molar refractivity (Wildman–Crippen MR) is 58.7 cm³/mol. The molecule has 0 saturated carbocycles. The third kappa shape index (κ3) is 4.00. The zero-order valence-electron chi connectivity index (χ0n) is 9.26. The van der Waals surface area contributed by atoms with E-state index in [1.165, 1.54) is 7.11 Å². The second-order valence-electron chi connectivity index (χ2n) is 3.33. The molecular weight excluding hydrogens is 208 g/mol. The van der Waals surface area contributed by atoms with Crippen molar-refractivity contribution >= 4 is 5.97 Å². The molecule has 0 aromatic heterocycles. The summed E-state index contributed by atoms with van der Waals surface area (Å²) >= 11 is 0. The second kappa shape index (κ2) is 6.98. The molecule has 1 rings (SSSR count). The van der Waals surface area contributed by atoms with Gasteiger partial charge in [-0.25, -0.2) is 4.79 Å². The summed E-state index contributed by atoms with van der Waals surface area (Å²) in [5.41, 5.74) is 0.926. The van der Waals surface area contributed by atoms with Crippen molar-refractivity contribution in [3.63, 3.8) is 0 Å². The Balaban J connectivity index is 2.40. The fraction of sp³-hybridized carbons (Fsp3) is 0.417. The van der Waals surface area contributed by atoms with Gasteiger partial charge in [0.2, 0.25) is 0 Å². The first-order valence-electron chi connectivity index (χ1n) is 5.12. The summed E-state index contributed by atoms with van der Waals surface area (Å²) in [5.74, 6) is -0.444. The number of carbonyl (C=O) groups excluding carboxylic acids is 1. The van der Waals surface area contributed by atoms with Crippen molar-refractivity contribution in [1.29, 1.82) is 0 Å². The van der Waals surface area contributed by atoms with Gasteiger partial charge in [-0.15, -0.1) is 0 Å². The largest absolute Gasteiger partial charge is 0.459 e. The Morgan fingerprint density at radius 1 is 1.38 bits per heavy atom. The second-order valence-corrected chi connectivity index (χ2v) is 3.33. The minimum Gasteiger partial charge on any atom is -0.459 e. The maximum absolute atomic E-state index is 11.5. The summed E-state index contributed by atoms with van der Waals surface area (Å²) in [7, 11) is 1.42. The van der Waals surface area contributed by atoms with Gasteiger partial charge in [0.25, 0.3) is 0 Å². The molecule has 0 bridgehead atoms. The average molecular weight is 224 g/mol. The molecule has 0 amide bonds. The number of rotatable bonds is 6. The standard InChI is InChI=1S/C12H16O4/c1-15-11(7-8-13)12(14)16-9-10-5-3-2-4-6-10/h2-6,11,13H,7-9H2,1H3. The van der Waals surface area contributed by atoms with E-state index >= 15 is 0 Å². The third-order valence-corrected chi connectivity index (χ3v) is 2.16. The zero-order valence-corrected chi connectivity index (χ0v) is 9.26. The molecular formula is C12H16O4. The van der Waals surface area contributed by atoms with E-state index in [2.05, 4.69) is 0 Å². The molecule has 0 heterocycles. The highest BCUT2D eigenvalue weighted by atomic mass is 16.6. The molecule has 0 saturated heterocycles. The molecule has 88 valence electrons. The number of ether oxygens (including phenoxy) is 2. The average Bonchev–Trinajstić information content (AvgIpc) is 2.34. The SMILES string of the molecule is COC(CCO)C(=O)OCc1ccccc1. The number of esters is 1. The molecule has 1 N–H and O–H groups in total. The van der Waals surface area contributed by atoms with E-state index < -0.39 is 12.1 Å². The van der Waals surface area contributed by atoms with Crippen LogP contribution in [0.3, 0.4) is 0 Å². The maximum atomic E-state index is 11.5. The van der Waals surface area contributed by atoms with E-state index in [1.807, 2.05) is 30.3 Å². The summed E-state index contributed by atoms with van der Waals surface area (Å²) < 4.78 is 9.96. The van der Waals surface area contributed by atoms with Crippen LogP contribution in [0.2, 0.25) is 0 Å². The number of aliphatic hydroxyl groups is 1. The number of hydrogen-bond donors (Lipinski definition) is 1. The highest BCUT2D eigenvalue weighted by molar-refractivity contribution is 5.74. The van der Waals surface area contributed by atoms with E-state index in [0.717, 1.165) is 5.56 Å². The topological polar surface area (TPSA) is 55.8 Å². The molecule has 1 unspecified atom stereocenters. The molecule has 4 heteroatoms. The van der Waals surface area contributed by atoms with Crippen molar-refractivity contribution in [3.8, 4) is 0 Å². The van der Waals surface area contributed by atoms with E-state index in [0.29, 0.717) is 0 Å². The molecule has 0 fully saturated rings. The van der Waals surface area contributed by atoms with Crippen LogP contribution in [0, 0.1) is 0 Å². The minimum absolute atomic E-state index is 0.0983. The molecule has 0 spiro atoms. The van der Waals surface area contributed by atoms with Crippen molar-refractivity contribution in [2.75, 3.05) is 13.7 Å². The molecule has 1 aromatic rings. The van der Waals surface area contributed by atoms with Crippen LogP contribution in [-0.2, 0) is 20.9 Å². The van der Waals surface area contributed by atoms with Gasteiger partial charge in [-0.1, -0.05) is 30.3 Å². The Hall–Kier alpha value is -1.39. The lowest BCUT2D eigenvalue weighted by Crippen LogP contribution is -2.26. The van der Waals surface area contributed by atoms with Gasteiger partial charge in [-0.3, -0.25) is 0 Å². The maximum Gasteiger partial charge on any atom is 0.335 e. The summed E-state index contributed by atoms with van der Waals surface area (Å²) in [6.45, 7) is 0.129. The molecule has 0 aliphatic rings. The lowest BCUT2D eigenvalue weighted by Gasteiger charge is -2.13. The molecule has 0 aliphatic heterocycles. The molecule has 1 aromatic carbocycles. The first kappa shape index (κ1) is 12.7. The van der Waals surface area contributed by atoms with Gasteiger partial charge < -0.3 is 14.6 Å². The quantitative estimate of drug-likeness (QED) is 0.736. The highest BCUT2D eigenvalue weighted by Gasteiger charge is 2.18. The zero-order chi connectivity index (χ0) is 11.8. The molecule has 16 heavy (non-hydrogen) atoms. The lowest BCUT2D eigenvalue weighted by molar-refractivity contribution is -0.157. The van der Waals surface area contributed by atoms with Crippen molar-refractivity contribution in [2.45, 2.75) is 19.1 Å². The normalized spacial score (nSPS) is 12.1. The summed E-state index contributed by atoms with van der Waals surface area (Å²) in [4.78, 5) is 11.5. The van der Waals surface area contributed by atoms with Crippen molar-refractivity contribution < 1.29 is 19.4 Å². The number of carbonyl (C=O) groups is 1. The van der Waals surface area contributed by atoms with Crippen LogP contribution < -0.4 is 0 Å².